The summed E-state index contributed by atoms with van der Waals surface area (Å²) in [6.45, 7) is 3.79. The molecular weight excluding hydrogens is 286 g/mol. The van der Waals surface area contributed by atoms with Gasteiger partial charge in [-0.2, -0.15) is 0 Å². The van der Waals surface area contributed by atoms with Crippen molar-refractivity contribution in [3.63, 3.8) is 0 Å². The Morgan fingerprint density at radius 3 is 2.08 bits per heavy atom. The van der Waals surface area contributed by atoms with Crippen LogP contribution in [-0.2, 0) is 0 Å². The second-order valence-electron chi connectivity index (χ2n) is 2.69. The first-order valence-corrected chi connectivity index (χ1v) is 4.94. The highest BCUT2D eigenvalue weighted by Gasteiger charge is 2.09. The highest BCUT2D eigenvalue weighted by atomic mass is 127. The Morgan fingerprint density at radius 1 is 1.33 bits per heavy atom. The van der Waals surface area contributed by atoms with Crippen molar-refractivity contribution < 1.29 is 4.79 Å². The fraction of sp³-hybridized carbons (Fsp3) is 0.222. The SMILES string of the molecule is Cc1cc(I)cc(C)c1C(=O)Cl. The number of rotatable bonds is 1. The summed E-state index contributed by atoms with van der Waals surface area (Å²) in [6.07, 6.45) is 0. The molecule has 1 aromatic carbocycles. The molecule has 12 heavy (non-hydrogen) atoms. The molecule has 0 amide bonds. The maximum atomic E-state index is 11.0. The van der Waals surface area contributed by atoms with Crippen molar-refractivity contribution in [1.29, 1.82) is 0 Å². The number of hydrogen-bond donors (Lipinski definition) is 0. The number of carbonyl (C=O) groups is 1. The molecule has 0 heterocycles. The predicted molar refractivity (Wildman–Crippen MR) is 58.8 cm³/mol. The molecule has 0 aliphatic carbocycles. The van der Waals surface area contributed by atoms with Crippen LogP contribution in [-0.4, -0.2) is 5.24 Å². The minimum Gasteiger partial charge on any atom is -0.276 e. The van der Waals surface area contributed by atoms with Gasteiger partial charge in [0.15, 0.2) is 0 Å². The average Bonchev–Trinajstić information content (AvgIpc) is 1.82. The van der Waals surface area contributed by atoms with Crippen LogP contribution in [0.5, 0.6) is 0 Å². The molecule has 3 heteroatoms. The molecule has 0 atom stereocenters. The molecule has 1 nitrogen and oxygen atoms in total. The van der Waals surface area contributed by atoms with Gasteiger partial charge in [0.05, 0.1) is 0 Å². The van der Waals surface area contributed by atoms with Crippen molar-refractivity contribution >= 4 is 39.4 Å². The molecule has 0 fully saturated rings. The molecule has 0 aliphatic rings. The lowest BCUT2D eigenvalue weighted by atomic mass is 10.0. The van der Waals surface area contributed by atoms with E-state index in [4.69, 9.17) is 11.6 Å². The summed E-state index contributed by atoms with van der Waals surface area (Å²) < 4.78 is 1.13. The van der Waals surface area contributed by atoms with Crippen molar-refractivity contribution in [2.75, 3.05) is 0 Å². The third kappa shape index (κ3) is 1.98. The molecule has 0 aliphatic heterocycles. The van der Waals surface area contributed by atoms with E-state index in [0.29, 0.717) is 5.56 Å². The molecule has 0 saturated heterocycles. The van der Waals surface area contributed by atoms with Crippen LogP contribution in [0.2, 0.25) is 0 Å². The lowest BCUT2D eigenvalue weighted by Gasteiger charge is -2.05. The van der Waals surface area contributed by atoms with Crippen LogP contribution in [0, 0.1) is 17.4 Å². The fourth-order valence-electron chi connectivity index (χ4n) is 1.22. The second-order valence-corrected chi connectivity index (χ2v) is 4.28. The molecule has 0 saturated carbocycles. The highest BCUT2D eigenvalue weighted by molar-refractivity contribution is 14.1. The van der Waals surface area contributed by atoms with Gasteiger partial charge in [-0.25, -0.2) is 0 Å². The van der Waals surface area contributed by atoms with Gasteiger partial charge < -0.3 is 0 Å². The molecule has 0 aromatic heterocycles. The minimum atomic E-state index is -0.374. The molecule has 1 rings (SSSR count). The topological polar surface area (TPSA) is 17.1 Å². The van der Waals surface area contributed by atoms with E-state index in [-0.39, 0.29) is 5.24 Å². The summed E-state index contributed by atoms with van der Waals surface area (Å²) in [5, 5.41) is -0.374. The van der Waals surface area contributed by atoms with Crippen LogP contribution in [0.3, 0.4) is 0 Å². The quantitative estimate of drug-likeness (QED) is 0.574. The number of benzene rings is 1. The van der Waals surface area contributed by atoms with Gasteiger partial charge in [0.1, 0.15) is 0 Å². The third-order valence-corrected chi connectivity index (χ3v) is 2.51. The Labute approximate surface area is 90.3 Å². The normalized spacial score (nSPS) is 10.0. The number of halogens is 2. The lowest BCUT2D eigenvalue weighted by Crippen LogP contribution is -1.98. The Morgan fingerprint density at radius 2 is 1.75 bits per heavy atom. The third-order valence-electron chi connectivity index (χ3n) is 1.69. The molecule has 0 radical (unpaired) electrons. The summed E-state index contributed by atoms with van der Waals surface area (Å²) in [6, 6.07) is 3.90. The first kappa shape index (κ1) is 9.99. The van der Waals surface area contributed by atoms with E-state index >= 15 is 0 Å². The first-order chi connectivity index (χ1) is 5.52. The van der Waals surface area contributed by atoms with Gasteiger partial charge in [0.25, 0.3) is 5.24 Å². The van der Waals surface area contributed by atoms with Crippen molar-refractivity contribution in [2.24, 2.45) is 0 Å². The summed E-state index contributed by atoms with van der Waals surface area (Å²) in [4.78, 5) is 11.0. The monoisotopic (exact) mass is 294 g/mol. The van der Waals surface area contributed by atoms with Gasteiger partial charge in [-0.05, 0) is 71.3 Å². The highest BCUT2D eigenvalue weighted by Crippen LogP contribution is 2.19. The number of aryl methyl sites for hydroxylation is 2. The zero-order chi connectivity index (χ0) is 9.30. The van der Waals surface area contributed by atoms with Gasteiger partial charge >= 0.3 is 0 Å². The zero-order valence-electron chi connectivity index (χ0n) is 6.82. The van der Waals surface area contributed by atoms with Gasteiger partial charge in [0, 0.05) is 9.13 Å². The summed E-state index contributed by atoms with van der Waals surface area (Å²) in [5.41, 5.74) is 2.52. The standard InChI is InChI=1S/C9H8ClIO/c1-5-3-7(11)4-6(2)8(5)9(10)12/h3-4H,1-2H3. The smallest absolute Gasteiger partial charge is 0.252 e. The van der Waals surface area contributed by atoms with Crippen molar-refractivity contribution in [3.05, 3.63) is 32.4 Å². The molecule has 64 valence electrons. The van der Waals surface area contributed by atoms with Crippen LogP contribution in [0.1, 0.15) is 21.5 Å². The zero-order valence-corrected chi connectivity index (χ0v) is 9.73. The second kappa shape index (κ2) is 3.75. The van der Waals surface area contributed by atoms with Crippen LogP contribution in [0.15, 0.2) is 12.1 Å². The van der Waals surface area contributed by atoms with E-state index in [0.717, 1.165) is 14.7 Å². The Bertz CT molecular complexity index is 310. The van der Waals surface area contributed by atoms with Crippen LogP contribution >= 0.6 is 34.2 Å². The maximum absolute atomic E-state index is 11.0. The molecule has 0 spiro atoms. The summed E-state index contributed by atoms with van der Waals surface area (Å²) in [7, 11) is 0. The van der Waals surface area contributed by atoms with Crippen LogP contribution in [0.25, 0.3) is 0 Å². The van der Waals surface area contributed by atoms with E-state index < -0.39 is 0 Å². The van der Waals surface area contributed by atoms with Crippen molar-refractivity contribution in [3.8, 4) is 0 Å². The Hall–Kier alpha value is -0.0900. The molecular formula is C9H8ClIO. The maximum Gasteiger partial charge on any atom is 0.252 e. The van der Waals surface area contributed by atoms with Gasteiger partial charge in [0.2, 0.25) is 0 Å². The van der Waals surface area contributed by atoms with Gasteiger partial charge in [-0.3, -0.25) is 4.79 Å². The molecule has 1 aromatic rings. The number of hydrogen-bond acceptors (Lipinski definition) is 1. The Kier molecular flexibility index (Phi) is 3.12. The molecule has 0 bridgehead atoms. The van der Waals surface area contributed by atoms with Gasteiger partial charge in [-0.15, -0.1) is 0 Å². The fourth-order valence-corrected chi connectivity index (χ4v) is 2.45. The average molecular weight is 295 g/mol. The number of carbonyl (C=O) groups excluding carboxylic acids is 1. The predicted octanol–water partition coefficient (Wildman–Crippen LogP) is 3.29. The summed E-state index contributed by atoms with van der Waals surface area (Å²) >= 11 is 7.64. The van der Waals surface area contributed by atoms with Crippen LogP contribution in [0.4, 0.5) is 0 Å². The minimum absolute atomic E-state index is 0.374. The largest absolute Gasteiger partial charge is 0.276 e. The van der Waals surface area contributed by atoms with E-state index in [1.165, 1.54) is 0 Å². The molecule has 0 unspecified atom stereocenters. The molecule has 0 N–H and O–H groups in total. The Balaban J connectivity index is 3.38. The first-order valence-electron chi connectivity index (χ1n) is 3.49. The van der Waals surface area contributed by atoms with Crippen molar-refractivity contribution in [2.45, 2.75) is 13.8 Å². The lowest BCUT2D eigenvalue weighted by molar-refractivity contribution is 0.108. The van der Waals surface area contributed by atoms with E-state index in [2.05, 4.69) is 22.6 Å². The van der Waals surface area contributed by atoms with Crippen molar-refractivity contribution in [1.82, 2.24) is 0 Å². The van der Waals surface area contributed by atoms with E-state index in [1.807, 2.05) is 26.0 Å². The van der Waals surface area contributed by atoms with E-state index in [1.54, 1.807) is 0 Å². The summed E-state index contributed by atoms with van der Waals surface area (Å²) in [5.74, 6) is 0. The van der Waals surface area contributed by atoms with Crippen LogP contribution < -0.4 is 0 Å². The van der Waals surface area contributed by atoms with E-state index in [9.17, 15) is 4.79 Å². The van der Waals surface area contributed by atoms with Gasteiger partial charge in [-0.1, -0.05) is 0 Å².